The molecule has 0 saturated heterocycles. The number of nitrogens with two attached hydrogens (primary N) is 1. The van der Waals surface area contributed by atoms with Crippen LogP contribution >= 0.6 is 11.3 Å². The fraction of sp³-hybridized carbons (Fsp3) is 0.154. The van der Waals surface area contributed by atoms with E-state index >= 15 is 0 Å². The summed E-state index contributed by atoms with van der Waals surface area (Å²) in [5.74, 6) is -0.192. The largest absolute Gasteiger partial charge is 0.397 e. The van der Waals surface area contributed by atoms with Gasteiger partial charge >= 0.3 is 0 Å². The van der Waals surface area contributed by atoms with Crippen LogP contribution in [0.3, 0.4) is 0 Å². The van der Waals surface area contributed by atoms with Gasteiger partial charge in [-0.2, -0.15) is 0 Å². The predicted octanol–water partition coefficient (Wildman–Crippen LogP) is 7.36. The molecule has 0 radical (unpaired) electrons. The number of nitrogen functional groups attached to an aromatic ring is 1. The van der Waals surface area contributed by atoms with Crippen molar-refractivity contribution in [2.45, 2.75) is 27.7 Å². The van der Waals surface area contributed by atoms with Crippen molar-refractivity contribution in [1.29, 1.82) is 0 Å². The van der Waals surface area contributed by atoms with Gasteiger partial charge in [-0.3, -0.25) is 9.78 Å². The average molecular weight is 432 g/mol. The Kier molecular flexibility index (Phi) is 9.46. The van der Waals surface area contributed by atoms with Crippen molar-refractivity contribution >= 4 is 28.6 Å². The number of anilines is 2. The molecule has 0 fully saturated rings. The fourth-order valence-corrected chi connectivity index (χ4v) is 3.53. The summed E-state index contributed by atoms with van der Waals surface area (Å²) >= 11 is 1.65. The maximum Gasteiger partial charge on any atom is 0.255 e. The number of pyridine rings is 1. The molecule has 2 heterocycles. The molecule has 31 heavy (non-hydrogen) atoms. The molecule has 2 aromatic carbocycles. The van der Waals surface area contributed by atoms with Gasteiger partial charge in [0.15, 0.2) is 0 Å². The smallest absolute Gasteiger partial charge is 0.255 e. The van der Waals surface area contributed by atoms with Gasteiger partial charge in [0, 0.05) is 22.8 Å². The Labute approximate surface area is 188 Å². The summed E-state index contributed by atoms with van der Waals surface area (Å²) in [4.78, 5) is 17.9. The fourth-order valence-electron chi connectivity index (χ4n) is 2.80. The normalized spacial score (nSPS) is 9.55. The number of benzene rings is 2. The SMILES string of the molecule is CC.CC.Nc1ccc(-c2cccs2)cc1NC(=O)c1ccc(-c2cccnc2)cc1. The average Bonchev–Trinajstić information content (AvgIpc) is 3.39. The number of rotatable bonds is 4. The molecule has 3 N–H and O–H groups in total. The third kappa shape index (κ3) is 6.27. The lowest BCUT2D eigenvalue weighted by Crippen LogP contribution is -2.13. The van der Waals surface area contributed by atoms with Gasteiger partial charge in [0.2, 0.25) is 0 Å². The minimum atomic E-state index is -0.192. The van der Waals surface area contributed by atoms with Crippen LogP contribution in [-0.4, -0.2) is 10.9 Å². The van der Waals surface area contributed by atoms with Crippen molar-refractivity contribution in [3.8, 4) is 21.6 Å². The second-order valence-electron chi connectivity index (χ2n) is 6.05. The number of nitrogens with one attached hydrogen (secondary N) is 1. The van der Waals surface area contributed by atoms with E-state index in [1.807, 2.05) is 87.7 Å². The highest BCUT2D eigenvalue weighted by Gasteiger charge is 2.10. The lowest BCUT2D eigenvalue weighted by molar-refractivity contribution is 0.102. The number of nitrogens with zero attached hydrogens (tertiary/aromatic N) is 1. The van der Waals surface area contributed by atoms with Crippen LogP contribution in [0.5, 0.6) is 0 Å². The van der Waals surface area contributed by atoms with Crippen molar-refractivity contribution in [3.05, 3.63) is 90.1 Å². The van der Waals surface area contributed by atoms with Gasteiger partial charge in [-0.25, -0.2) is 0 Å². The first-order valence-electron chi connectivity index (χ1n) is 10.5. The van der Waals surface area contributed by atoms with Crippen molar-refractivity contribution in [3.63, 3.8) is 0 Å². The molecule has 0 aliphatic heterocycles. The topological polar surface area (TPSA) is 68.0 Å². The molecule has 4 aromatic rings. The first-order valence-corrected chi connectivity index (χ1v) is 11.3. The Morgan fingerprint density at radius 3 is 2.19 bits per heavy atom. The number of aromatic nitrogens is 1. The monoisotopic (exact) mass is 431 g/mol. The van der Waals surface area contributed by atoms with Gasteiger partial charge in [0.05, 0.1) is 11.4 Å². The van der Waals surface area contributed by atoms with Crippen LogP contribution in [0.15, 0.2) is 84.5 Å². The predicted molar refractivity (Wildman–Crippen MR) is 134 cm³/mol. The Morgan fingerprint density at radius 1 is 0.871 bits per heavy atom. The van der Waals surface area contributed by atoms with Crippen molar-refractivity contribution < 1.29 is 4.79 Å². The zero-order valence-corrected chi connectivity index (χ0v) is 19.2. The number of hydrogen-bond acceptors (Lipinski definition) is 4. The highest BCUT2D eigenvalue weighted by molar-refractivity contribution is 7.13. The Morgan fingerprint density at radius 2 is 1.58 bits per heavy atom. The van der Waals surface area contributed by atoms with Gasteiger partial charge in [-0.1, -0.05) is 58.0 Å². The van der Waals surface area contributed by atoms with Crippen molar-refractivity contribution in [2.24, 2.45) is 0 Å². The number of hydrogen-bond donors (Lipinski definition) is 2. The van der Waals surface area contributed by atoms with Crippen LogP contribution in [0.2, 0.25) is 0 Å². The molecular formula is C26H29N3OS. The van der Waals surface area contributed by atoms with Gasteiger partial charge in [0.25, 0.3) is 5.91 Å². The molecule has 0 aliphatic rings. The summed E-state index contributed by atoms with van der Waals surface area (Å²) in [6, 6.07) is 21.0. The summed E-state index contributed by atoms with van der Waals surface area (Å²) < 4.78 is 0. The molecule has 0 unspecified atom stereocenters. The van der Waals surface area contributed by atoms with Crippen molar-refractivity contribution in [1.82, 2.24) is 4.98 Å². The molecule has 2 aromatic heterocycles. The van der Waals surface area contributed by atoms with E-state index in [0.717, 1.165) is 21.6 Å². The van der Waals surface area contributed by atoms with E-state index in [4.69, 9.17) is 5.73 Å². The molecule has 4 nitrogen and oxygen atoms in total. The lowest BCUT2D eigenvalue weighted by Gasteiger charge is -2.10. The quantitative estimate of drug-likeness (QED) is 0.332. The van der Waals surface area contributed by atoms with E-state index in [0.29, 0.717) is 16.9 Å². The second-order valence-corrected chi connectivity index (χ2v) is 7.00. The first-order chi connectivity index (χ1) is 15.2. The summed E-state index contributed by atoms with van der Waals surface area (Å²) in [6.45, 7) is 8.00. The van der Waals surface area contributed by atoms with E-state index in [1.54, 1.807) is 35.9 Å². The molecule has 4 rings (SSSR count). The van der Waals surface area contributed by atoms with Crippen LogP contribution in [0.4, 0.5) is 11.4 Å². The van der Waals surface area contributed by atoms with Crippen LogP contribution < -0.4 is 11.1 Å². The molecule has 0 saturated carbocycles. The van der Waals surface area contributed by atoms with E-state index in [9.17, 15) is 4.79 Å². The minimum absolute atomic E-state index is 0.192. The Hall–Kier alpha value is -3.44. The molecule has 5 heteroatoms. The Balaban J connectivity index is 0.000000807. The van der Waals surface area contributed by atoms with Gasteiger partial charge in [-0.05, 0) is 58.5 Å². The molecule has 1 amide bonds. The summed E-state index contributed by atoms with van der Waals surface area (Å²) in [6.07, 6.45) is 3.53. The zero-order chi connectivity index (χ0) is 22.6. The maximum absolute atomic E-state index is 12.6. The van der Waals surface area contributed by atoms with Crippen LogP contribution in [0, 0.1) is 0 Å². The van der Waals surface area contributed by atoms with Gasteiger partial charge in [0.1, 0.15) is 0 Å². The third-order valence-electron chi connectivity index (χ3n) is 4.25. The number of amides is 1. The van der Waals surface area contributed by atoms with E-state index in [1.165, 1.54) is 0 Å². The minimum Gasteiger partial charge on any atom is -0.397 e. The molecule has 0 bridgehead atoms. The second kappa shape index (κ2) is 12.3. The number of thiophene rings is 1. The van der Waals surface area contributed by atoms with Gasteiger partial charge < -0.3 is 11.1 Å². The highest BCUT2D eigenvalue weighted by Crippen LogP contribution is 2.30. The number of carbonyl (C=O) groups excluding carboxylic acids is 1. The molecule has 0 atom stereocenters. The molecular weight excluding hydrogens is 402 g/mol. The van der Waals surface area contributed by atoms with Gasteiger partial charge in [-0.15, -0.1) is 11.3 Å². The summed E-state index contributed by atoms with van der Waals surface area (Å²) in [7, 11) is 0. The zero-order valence-electron chi connectivity index (χ0n) is 18.4. The van der Waals surface area contributed by atoms with E-state index in [-0.39, 0.29) is 5.91 Å². The van der Waals surface area contributed by atoms with E-state index < -0.39 is 0 Å². The van der Waals surface area contributed by atoms with Crippen LogP contribution in [0.1, 0.15) is 38.1 Å². The molecule has 0 spiro atoms. The Bertz CT molecular complexity index is 1060. The summed E-state index contributed by atoms with van der Waals surface area (Å²) in [5.41, 5.74) is 10.8. The standard InChI is InChI=1S/C22H17N3OS.2C2H6/c23-19-10-9-17(21-4-2-12-27-21)13-20(19)25-22(26)16-7-5-15(6-8-16)18-3-1-11-24-14-18;2*1-2/h1-14H,23H2,(H,25,26);2*1-2H3. The van der Waals surface area contributed by atoms with Crippen LogP contribution in [0.25, 0.3) is 21.6 Å². The van der Waals surface area contributed by atoms with Crippen LogP contribution in [-0.2, 0) is 0 Å². The van der Waals surface area contributed by atoms with Crippen molar-refractivity contribution in [2.75, 3.05) is 11.1 Å². The number of carbonyl (C=O) groups is 1. The third-order valence-corrected chi connectivity index (χ3v) is 5.17. The molecule has 0 aliphatic carbocycles. The highest BCUT2D eigenvalue weighted by atomic mass is 32.1. The maximum atomic E-state index is 12.6. The van der Waals surface area contributed by atoms with E-state index in [2.05, 4.69) is 10.3 Å². The first kappa shape index (κ1) is 23.8. The lowest BCUT2D eigenvalue weighted by atomic mass is 10.1. The molecule has 160 valence electrons. The summed E-state index contributed by atoms with van der Waals surface area (Å²) in [5, 5.41) is 4.94.